The molecule has 0 spiro atoms. The van der Waals surface area contributed by atoms with Crippen molar-refractivity contribution in [3.05, 3.63) is 40.0 Å². The second-order valence-corrected chi connectivity index (χ2v) is 5.34. The minimum atomic E-state index is -0.138. The number of carbonyl (C=O) groups is 1. The molecule has 0 bridgehead atoms. The van der Waals surface area contributed by atoms with E-state index in [1.807, 2.05) is 13.1 Å². The molecule has 6 heteroatoms. The van der Waals surface area contributed by atoms with Crippen LogP contribution in [0, 0.1) is 6.92 Å². The van der Waals surface area contributed by atoms with Gasteiger partial charge in [0.25, 0.3) is 5.91 Å². The van der Waals surface area contributed by atoms with Gasteiger partial charge in [0.2, 0.25) is 0 Å². The van der Waals surface area contributed by atoms with Gasteiger partial charge in [-0.2, -0.15) is 0 Å². The number of anilines is 1. The minimum Gasteiger partial charge on any atom is -0.369 e. The highest BCUT2D eigenvalue weighted by Crippen LogP contribution is 2.14. The van der Waals surface area contributed by atoms with Crippen LogP contribution in [0.15, 0.2) is 24.5 Å². The van der Waals surface area contributed by atoms with E-state index in [1.54, 1.807) is 36.7 Å². The predicted molar refractivity (Wildman–Crippen MR) is 76.7 cm³/mol. The molecule has 2 rings (SSSR count). The van der Waals surface area contributed by atoms with Crippen LogP contribution in [0.1, 0.15) is 20.2 Å². The van der Waals surface area contributed by atoms with Gasteiger partial charge in [0.1, 0.15) is 5.82 Å². The highest BCUT2D eigenvalue weighted by Gasteiger charge is 2.10. The van der Waals surface area contributed by atoms with Gasteiger partial charge in [-0.1, -0.05) is 0 Å². The molecule has 2 aromatic heterocycles. The zero-order valence-corrected chi connectivity index (χ0v) is 11.8. The first-order chi connectivity index (χ1) is 9.20. The first-order valence-electron chi connectivity index (χ1n) is 6.03. The van der Waals surface area contributed by atoms with Crippen molar-refractivity contribution < 1.29 is 4.79 Å². The summed E-state index contributed by atoms with van der Waals surface area (Å²) in [6, 6.07) is 3.50. The SMILES string of the molecule is CNC(=O)c1cccnc1NCCc1ncc(C)s1. The van der Waals surface area contributed by atoms with Crippen molar-refractivity contribution in [2.24, 2.45) is 0 Å². The van der Waals surface area contributed by atoms with Gasteiger partial charge in [-0.05, 0) is 19.1 Å². The molecule has 0 aromatic carbocycles. The van der Waals surface area contributed by atoms with E-state index in [1.165, 1.54) is 4.88 Å². The Labute approximate surface area is 116 Å². The van der Waals surface area contributed by atoms with Crippen molar-refractivity contribution >= 4 is 23.1 Å². The summed E-state index contributed by atoms with van der Waals surface area (Å²) in [6.07, 6.45) is 4.36. The van der Waals surface area contributed by atoms with Gasteiger partial charge < -0.3 is 10.6 Å². The monoisotopic (exact) mass is 276 g/mol. The maximum Gasteiger partial charge on any atom is 0.254 e. The van der Waals surface area contributed by atoms with Gasteiger partial charge in [-0.15, -0.1) is 11.3 Å². The average molecular weight is 276 g/mol. The molecule has 0 unspecified atom stereocenters. The number of aryl methyl sites for hydroxylation is 1. The lowest BCUT2D eigenvalue weighted by Gasteiger charge is -2.08. The molecule has 1 amide bonds. The lowest BCUT2D eigenvalue weighted by molar-refractivity contribution is 0.0963. The number of amides is 1. The van der Waals surface area contributed by atoms with Gasteiger partial charge in [-0.25, -0.2) is 9.97 Å². The molecular weight excluding hydrogens is 260 g/mol. The summed E-state index contributed by atoms with van der Waals surface area (Å²) in [5, 5.41) is 6.87. The van der Waals surface area contributed by atoms with E-state index in [0.717, 1.165) is 11.4 Å². The summed E-state index contributed by atoms with van der Waals surface area (Å²) in [5.41, 5.74) is 0.556. The average Bonchev–Trinajstić information content (AvgIpc) is 2.84. The molecule has 0 aliphatic heterocycles. The molecule has 2 N–H and O–H groups in total. The third kappa shape index (κ3) is 3.51. The van der Waals surface area contributed by atoms with E-state index >= 15 is 0 Å². The van der Waals surface area contributed by atoms with Crippen LogP contribution < -0.4 is 10.6 Å². The Kier molecular flexibility index (Phi) is 4.46. The first-order valence-corrected chi connectivity index (χ1v) is 6.84. The van der Waals surface area contributed by atoms with Crippen LogP contribution in [-0.2, 0) is 6.42 Å². The minimum absolute atomic E-state index is 0.138. The van der Waals surface area contributed by atoms with E-state index in [4.69, 9.17) is 0 Å². The van der Waals surface area contributed by atoms with E-state index in [-0.39, 0.29) is 5.91 Å². The van der Waals surface area contributed by atoms with E-state index in [0.29, 0.717) is 17.9 Å². The second-order valence-electron chi connectivity index (χ2n) is 4.02. The number of nitrogens with one attached hydrogen (secondary N) is 2. The number of carbonyl (C=O) groups excluding carboxylic acids is 1. The van der Waals surface area contributed by atoms with Crippen molar-refractivity contribution in [3.63, 3.8) is 0 Å². The summed E-state index contributed by atoms with van der Waals surface area (Å²) >= 11 is 1.69. The Morgan fingerprint density at radius 2 is 2.26 bits per heavy atom. The van der Waals surface area contributed by atoms with Gasteiger partial charge in [0.15, 0.2) is 0 Å². The Bertz CT molecular complexity index is 567. The standard InChI is InChI=1S/C13H16N4OS/c1-9-8-17-11(19-9)5-7-16-12-10(13(18)14-2)4-3-6-15-12/h3-4,6,8H,5,7H2,1-2H3,(H,14,18)(H,15,16). The van der Waals surface area contributed by atoms with Crippen LogP contribution in [0.5, 0.6) is 0 Å². The summed E-state index contributed by atoms with van der Waals surface area (Å²) in [7, 11) is 1.61. The summed E-state index contributed by atoms with van der Waals surface area (Å²) < 4.78 is 0. The van der Waals surface area contributed by atoms with E-state index < -0.39 is 0 Å². The second kappa shape index (κ2) is 6.29. The third-order valence-corrected chi connectivity index (χ3v) is 3.55. The normalized spacial score (nSPS) is 10.2. The Morgan fingerprint density at radius 3 is 2.95 bits per heavy atom. The Balaban J connectivity index is 1.97. The van der Waals surface area contributed by atoms with Crippen LogP contribution in [0.3, 0.4) is 0 Å². The highest BCUT2D eigenvalue weighted by atomic mass is 32.1. The summed E-state index contributed by atoms with van der Waals surface area (Å²) in [6.45, 7) is 2.74. The number of rotatable bonds is 5. The highest BCUT2D eigenvalue weighted by molar-refractivity contribution is 7.11. The van der Waals surface area contributed by atoms with Crippen molar-refractivity contribution in [1.29, 1.82) is 0 Å². The van der Waals surface area contributed by atoms with Gasteiger partial charge in [-0.3, -0.25) is 4.79 Å². The molecule has 0 aliphatic rings. The van der Waals surface area contributed by atoms with Crippen LogP contribution >= 0.6 is 11.3 Å². The molecule has 0 atom stereocenters. The molecule has 0 saturated heterocycles. The van der Waals surface area contributed by atoms with Crippen molar-refractivity contribution in [2.45, 2.75) is 13.3 Å². The topological polar surface area (TPSA) is 66.9 Å². The van der Waals surface area contributed by atoms with Crippen molar-refractivity contribution in [3.8, 4) is 0 Å². The third-order valence-electron chi connectivity index (χ3n) is 2.58. The first kappa shape index (κ1) is 13.5. The Morgan fingerprint density at radius 1 is 1.42 bits per heavy atom. The fraction of sp³-hybridized carbons (Fsp3) is 0.308. The predicted octanol–water partition coefficient (Wildman–Crippen LogP) is 1.86. The molecular formula is C13H16N4OS. The molecule has 0 saturated carbocycles. The lowest BCUT2D eigenvalue weighted by atomic mass is 10.2. The van der Waals surface area contributed by atoms with Gasteiger partial charge >= 0.3 is 0 Å². The molecule has 5 nitrogen and oxygen atoms in total. The molecule has 19 heavy (non-hydrogen) atoms. The Hall–Kier alpha value is -1.95. The smallest absolute Gasteiger partial charge is 0.254 e. The van der Waals surface area contributed by atoms with Gasteiger partial charge in [0.05, 0.1) is 10.6 Å². The number of aromatic nitrogens is 2. The summed E-state index contributed by atoms with van der Waals surface area (Å²) in [5.74, 6) is 0.468. The summed E-state index contributed by atoms with van der Waals surface area (Å²) in [4.78, 5) is 21.4. The fourth-order valence-electron chi connectivity index (χ4n) is 1.67. The zero-order chi connectivity index (χ0) is 13.7. The quantitative estimate of drug-likeness (QED) is 0.874. The van der Waals surface area contributed by atoms with Gasteiger partial charge in [0, 0.05) is 37.3 Å². The number of thiazole rings is 1. The van der Waals surface area contributed by atoms with Crippen LogP contribution in [0.25, 0.3) is 0 Å². The van der Waals surface area contributed by atoms with Crippen molar-refractivity contribution in [2.75, 3.05) is 18.9 Å². The van der Waals surface area contributed by atoms with E-state index in [2.05, 4.69) is 20.6 Å². The number of nitrogens with zero attached hydrogens (tertiary/aromatic N) is 2. The molecule has 100 valence electrons. The van der Waals surface area contributed by atoms with E-state index in [9.17, 15) is 4.79 Å². The zero-order valence-electron chi connectivity index (χ0n) is 10.9. The van der Waals surface area contributed by atoms with Crippen LogP contribution in [0.4, 0.5) is 5.82 Å². The molecule has 2 heterocycles. The molecule has 0 aliphatic carbocycles. The maximum absolute atomic E-state index is 11.7. The number of hydrogen-bond donors (Lipinski definition) is 2. The number of pyridine rings is 1. The van der Waals surface area contributed by atoms with Crippen LogP contribution in [0.2, 0.25) is 0 Å². The molecule has 2 aromatic rings. The number of hydrogen-bond acceptors (Lipinski definition) is 5. The maximum atomic E-state index is 11.7. The molecule has 0 radical (unpaired) electrons. The van der Waals surface area contributed by atoms with Crippen LogP contribution in [-0.4, -0.2) is 29.5 Å². The largest absolute Gasteiger partial charge is 0.369 e. The van der Waals surface area contributed by atoms with Crippen molar-refractivity contribution in [1.82, 2.24) is 15.3 Å². The lowest BCUT2D eigenvalue weighted by Crippen LogP contribution is -2.20. The molecule has 0 fully saturated rings. The fourth-order valence-corrected chi connectivity index (χ4v) is 2.46.